The number of furan rings is 1. The molecule has 0 unspecified atom stereocenters. The lowest BCUT2D eigenvalue weighted by molar-refractivity contribution is -0.125. The average Bonchev–Trinajstić information content (AvgIpc) is 3.17. The van der Waals surface area contributed by atoms with Crippen LogP contribution in [0.4, 0.5) is 5.82 Å². The molecule has 1 amide bonds. The minimum absolute atomic E-state index is 0.0281. The maximum absolute atomic E-state index is 12.9. The number of amides is 1. The molecule has 4 rings (SSSR count). The van der Waals surface area contributed by atoms with Crippen LogP contribution in [0.3, 0.4) is 0 Å². The SMILES string of the molecule is CCn1c(=O)c(N2CCC(C(=O)NCc3ccc(C)o3)CC2)nc2cccnc21. The lowest BCUT2D eigenvalue weighted by Crippen LogP contribution is -2.43. The molecule has 0 bridgehead atoms. The Morgan fingerprint density at radius 2 is 2.07 bits per heavy atom. The summed E-state index contributed by atoms with van der Waals surface area (Å²) in [7, 11) is 0. The van der Waals surface area contributed by atoms with E-state index in [-0.39, 0.29) is 17.4 Å². The molecule has 8 nitrogen and oxygen atoms in total. The Morgan fingerprint density at radius 3 is 2.76 bits per heavy atom. The molecule has 3 aromatic rings. The van der Waals surface area contributed by atoms with Gasteiger partial charge in [-0.15, -0.1) is 0 Å². The van der Waals surface area contributed by atoms with Crippen LogP contribution in [-0.4, -0.2) is 33.5 Å². The molecule has 1 fully saturated rings. The van der Waals surface area contributed by atoms with Gasteiger partial charge in [-0.2, -0.15) is 0 Å². The molecule has 0 atom stereocenters. The second-order valence-corrected chi connectivity index (χ2v) is 7.32. The molecule has 0 spiro atoms. The predicted octanol–water partition coefficient (Wildman–Crippen LogP) is 2.25. The molecule has 0 aliphatic carbocycles. The molecule has 1 aliphatic heterocycles. The van der Waals surface area contributed by atoms with E-state index >= 15 is 0 Å². The lowest BCUT2D eigenvalue weighted by Gasteiger charge is -2.32. The van der Waals surface area contributed by atoms with Crippen LogP contribution < -0.4 is 15.8 Å². The Kier molecular flexibility index (Phi) is 5.33. The normalized spacial score (nSPS) is 15.0. The number of hydrogen-bond donors (Lipinski definition) is 1. The van der Waals surface area contributed by atoms with Gasteiger partial charge in [0.25, 0.3) is 5.56 Å². The molecular formula is C21H25N5O3. The summed E-state index contributed by atoms with van der Waals surface area (Å²) in [5, 5.41) is 2.95. The maximum Gasteiger partial charge on any atom is 0.295 e. The first kappa shape index (κ1) is 19.2. The first-order valence-corrected chi connectivity index (χ1v) is 10.0. The average molecular weight is 395 g/mol. The number of carbonyl (C=O) groups is 1. The topological polar surface area (TPSA) is 93.3 Å². The van der Waals surface area contributed by atoms with Crippen molar-refractivity contribution in [2.75, 3.05) is 18.0 Å². The molecular weight excluding hydrogens is 370 g/mol. The van der Waals surface area contributed by atoms with Crippen LogP contribution in [0.5, 0.6) is 0 Å². The number of hydrogen-bond acceptors (Lipinski definition) is 6. The monoisotopic (exact) mass is 395 g/mol. The first-order valence-electron chi connectivity index (χ1n) is 10.0. The summed E-state index contributed by atoms with van der Waals surface area (Å²) < 4.78 is 7.15. The maximum atomic E-state index is 12.9. The van der Waals surface area contributed by atoms with Crippen molar-refractivity contribution in [2.45, 2.75) is 39.8 Å². The van der Waals surface area contributed by atoms with Gasteiger partial charge in [0.1, 0.15) is 17.0 Å². The van der Waals surface area contributed by atoms with Gasteiger partial charge in [-0.25, -0.2) is 9.97 Å². The summed E-state index contributed by atoms with van der Waals surface area (Å²) in [5.41, 5.74) is 1.18. The third-order valence-electron chi connectivity index (χ3n) is 5.40. The van der Waals surface area contributed by atoms with E-state index < -0.39 is 0 Å². The van der Waals surface area contributed by atoms with Crippen molar-refractivity contribution in [3.05, 3.63) is 52.3 Å². The smallest absolute Gasteiger partial charge is 0.295 e. The standard InChI is InChI=1S/C21H25N5O3/c1-3-26-18-17(5-4-10-22-18)24-19(21(26)28)25-11-8-15(9-12-25)20(27)23-13-16-7-6-14(2)29-16/h4-7,10,15H,3,8-9,11-13H2,1-2H3,(H,23,27). The Morgan fingerprint density at radius 1 is 1.28 bits per heavy atom. The Balaban J connectivity index is 1.43. The molecule has 0 radical (unpaired) electrons. The van der Waals surface area contributed by atoms with E-state index in [1.807, 2.05) is 43.0 Å². The zero-order chi connectivity index (χ0) is 20.4. The number of rotatable bonds is 5. The summed E-state index contributed by atoms with van der Waals surface area (Å²) in [6, 6.07) is 7.45. The molecule has 0 saturated carbocycles. The van der Waals surface area contributed by atoms with E-state index in [1.165, 1.54) is 0 Å². The Hall–Kier alpha value is -3.16. The van der Waals surface area contributed by atoms with E-state index in [1.54, 1.807) is 10.8 Å². The fourth-order valence-electron chi connectivity index (χ4n) is 3.81. The third kappa shape index (κ3) is 3.87. The van der Waals surface area contributed by atoms with Gasteiger partial charge >= 0.3 is 0 Å². The molecule has 1 saturated heterocycles. The fraction of sp³-hybridized carbons (Fsp3) is 0.429. The summed E-state index contributed by atoms with van der Waals surface area (Å²) in [6.45, 7) is 5.98. The van der Waals surface area contributed by atoms with Gasteiger partial charge in [0.2, 0.25) is 5.91 Å². The third-order valence-corrected chi connectivity index (χ3v) is 5.40. The van der Waals surface area contributed by atoms with Gasteiger partial charge < -0.3 is 14.6 Å². The van der Waals surface area contributed by atoms with Crippen molar-refractivity contribution in [3.8, 4) is 0 Å². The second-order valence-electron chi connectivity index (χ2n) is 7.32. The van der Waals surface area contributed by atoms with Crippen molar-refractivity contribution >= 4 is 22.9 Å². The van der Waals surface area contributed by atoms with Crippen LogP contribution in [0.1, 0.15) is 31.3 Å². The number of aromatic nitrogens is 3. The van der Waals surface area contributed by atoms with Crippen LogP contribution in [0.25, 0.3) is 11.2 Å². The minimum Gasteiger partial charge on any atom is -0.465 e. The van der Waals surface area contributed by atoms with Gasteiger partial charge in [0.15, 0.2) is 11.5 Å². The van der Waals surface area contributed by atoms with E-state index in [0.717, 1.165) is 11.5 Å². The summed E-state index contributed by atoms with van der Waals surface area (Å²) in [4.78, 5) is 36.3. The van der Waals surface area contributed by atoms with Crippen LogP contribution in [0.2, 0.25) is 0 Å². The highest BCUT2D eigenvalue weighted by molar-refractivity contribution is 5.79. The van der Waals surface area contributed by atoms with Gasteiger partial charge in [-0.3, -0.25) is 14.2 Å². The number of carbonyl (C=O) groups excluding carboxylic acids is 1. The van der Waals surface area contributed by atoms with E-state index in [0.29, 0.717) is 56.0 Å². The molecule has 3 aromatic heterocycles. The van der Waals surface area contributed by atoms with Crippen LogP contribution in [0, 0.1) is 12.8 Å². The van der Waals surface area contributed by atoms with Gasteiger partial charge in [0, 0.05) is 31.7 Å². The minimum atomic E-state index is -0.130. The quantitative estimate of drug-likeness (QED) is 0.712. The van der Waals surface area contributed by atoms with Crippen LogP contribution in [0.15, 0.2) is 39.7 Å². The van der Waals surface area contributed by atoms with Crippen molar-refractivity contribution in [3.63, 3.8) is 0 Å². The van der Waals surface area contributed by atoms with Crippen molar-refractivity contribution in [1.82, 2.24) is 19.9 Å². The van der Waals surface area contributed by atoms with Crippen LogP contribution in [-0.2, 0) is 17.9 Å². The summed E-state index contributed by atoms with van der Waals surface area (Å²) in [5.74, 6) is 1.98. The highest BCUT2D eigenvalue weighted by Gasteiger charge is 2.27. The number of pyridine rings is 1. The number of fused-ring (bicyclic) bond motifs is 1. The summed E-state index contributed by atoms with van der Waals surface area (Å²) >= 11 is 0. The second kappa shape index (κ2) is 8.06. The molecule has 1 N–H and O–H groups in total. The molecule has 29 heavy (non-hydrogen) atoms. The molecule has 0 aromatic carbocycles. The van der Waals surface area contributed by atoms with Gasteiger partial charge in [0.05, 0.1) is 6.54 Å². The molecule has 4 heterocycles. The Bertz CT molecular complexity index is 1080. The first-order chi connectivity index (χ1) is 14.1. The highest BCUT2D eigenvalue weighted by Crippen LogP contribution is 2.22. The Labute approximate surface area is 168 Å². The molecule has 152 valence electrons. The van der Waals surface area contributed by atoms with Crippen molar-refractivity contribution in [2.24, 2.45) is 5.92 Å². The van der Waals surface area contributed by atoms with E-state index in [2.05, 4.69) is 15.3 Å². The number of piperidine rings is 1. The van der Waals surface area contributed by atoms with E-state index in [4.69, 9.17) is 4.42 Å². The number of aryl methyl sites for hydroxylation is 2. The zero-order valence-electron chi connectivity index (χ0n) is 16.7. The van der Waals surface area contributed by atoms with Gasteiger partial charge in [-0.1, -0.05) is 0 Å². The number of anilines is 1. The highest BCUT2D eigenvalue weighted by atomic mass is 16.3. The lowest BCUT2D eigenvalue weighted by atomic mass is 9.96. The van der Waals surface area contributed by atoms with E-state index in [9.17, 15) is 9.59 Å². The zero-order valence-corrected chi connectivity index (χ0v) is 16.7. The molecule has 8 heteroatoms. The predicted molar refractivity (Wildman–Crippen MR) is 110 cm³/mol. The van der Waals surface area contributed by atoms with Crippen LogP contribution >= 0.6 is 0 Å². The van der Waals surface area contributed by atoms with Gasteiger partial charge in [-0.05, 0) is 51.0 Å². The summed E-state index contributed by atoms with van der Waals surface area (Å²) in [6.07, 6.45) is 3.03. The van der Waals surface area contributed by atoms with Crippen molar-refractivity contribution in [1.29, 1.82) is 0 Å². The largest absolute Gasteiger partial charge is 0.465 e. The number of nitrogens with one attached hydrogen (secondary N) is 1. The molecule has 1 aliphatic rings. The van der Waals surface area contributed by atoms with Crippen molar-refractivity contribution < 1.29 is 9.21 Å². The fourth-order valence-corrected chi connectivity index (χ4v) is 3.81. The number of nitrogens with zero attached hydrogens (tertiary/aromatic N) is 4.